The summed E-state index contributed by atoms with van der Waals surface area (Å²) in [6.45, 7) is 1.87. The molecular weight excluding hydrogens is 180 g/mol. The van der Waals surface area contributed by atoms with Crippen LogP contribution in [-0.2, 0) is 6.61 Å². The van der Waals surface area contributed by atoms with E-state index >= 15 is 0 Å². The number of fused-ring (bicyclic) bond motifs is 1. The number of nitrogens with zero attached hydrogens (tertiary/aromatic N) is 2. The topological polar surface area (TPSA) is 46.8 Å². The van der Waals surface area contributed by atoms with Gasteiger partial charge in [0.1, 0.15) is 5.65 Å². The second-order valence-corrected chi connectivity index (χ2v) is 3.06. The van der Waals surface area contributed by atoms with E-state index in [4.69, 9.17) is 9.84 Å². The van der Waals surface area contributed by atoms with Crippen molar-refractivity contribution in [2.75, 3.05) is 7.11 Å². The van der Waals surface area contributed by atoms with E-state index in [0.29, 0.717) is 5.69 Å². The third kappa shape index (κ3) is 1.15. The zero-order valence-electron chi connectivity index (χ0n) is 8.19. The van der Waals surface area contributed by atoms with Crippen LogP contribution < -0.4 is 4.74 Å². The van der Waals surface area contributed by atoms with Crippen molar-refractivity contribution in [3.05, 3.63) is 29.6 Å². The molecule has 0 radical (unpaired) electrons. The normalized spacial score (nSPS) is 10.8. The Bertz CT molecular complexity index is 462. The van der Waals surface area contributed by atoms with E-state index in [1.54, 1.807) is 7.11 Å². The van der Waals surface area contributed by atoms with Gasteiger partial charge < -0.3 is 9.84 Å². The molecule has 4 nitrogen and oxygen atoms in total. The van der Waals surface area contributed by atoms with Crippen molar-refractivity contribution in [3.63, 3.8) is 0 Å². The van der Waals surface area contributed by atoms with Crippen molar-refractivity contribution in [3.8, 4) is 5.88 Å². The molecule has 4 heteroatoms. The van der Waals surface area contributed by atoms with Crippen LogP contribution in [-0.4, -0.2) is 21.6 Å². The van der Waals surface area contributed by atoms with Gasteiger partial charge in [0.15, 0.2) is 5.88 Å². The van der Waals surface area contributed by atoms with Crippen LogP contribution in [0, 0.1) is 6.92 Å². The maximum Gasteiger partial charge on any atom is 0.199 e. The first kappa shape index (κ1) is 9.02. The van der Waals surface area contributed by atoms with Crippen LogP contribution in [0.25, 0.3) is 5.65 Å². The molecule has 0 aromatic carbocycles. The molecule has 74 valence electrons. The summed E-state index contributed by atoms with van der Waals surface area (Å²) in [5, 5.41) is 9.07. The fourth-order valence-electron chi connectivity index (χ4n) is 1.56. The molecule has 1 N–H and O–H groups in total. The van der Waals surface area contributed by atoms with Gasteiger partial charge in [0.25, 0.3) is 0 Å². The summed E-state index contributed by atoms with van der Waals surface area (Å²) in [6.07, 6.45) is 0. The van der Waals surface area contributed by atoms with Gasteiger partial charge in [-0.05, 0) is 19.1 Å². The van der Waals surface area contributed by atoms with E-state index in [0.717, 1.165) is 17.2 Å². The van der Waals surface area contributed by atoms with Crippen LogP contribution in [0.1, 0.15) is 11.4 Å². The first-order valence-corrected chi connectivity index (χ1v) is 4.39. The number of methoxy groups -OCH3 is 1. The zero-order chi connectivity index (χ0) is 10.1. The lowest BCUT2D eigenvalue weighted by atomic mass is 10.3. The Morgan fingerprint density at radius 2 is 2.29 bits per heavy atom. The Labute approximate surface area is 81.8 Å². The van der Waals surface area contributed by atoms with Crippen molar-refractivity contribution in [1.82, 2.24) is 9.38 Å². The standard InChI is InChI=1S/C10H12N2O2/c1-7-8(6-13)11-9-4-3-5-10(14-2)12(7)9/h3-5,13H,6H2,1-2H3. The Hall–Kier alpha value is -1.55. The van der Waals surface area contributed by atoms with E-state index in [1.165, 1.54) is 0 Å². The molecule has 0 aliphatic heterocycles. The number of aliphatic hydroxyl groups excluding tert-OH is 1. The van der Waals surface area contributed by atoms with E-state index in [1.807, 2.05) is 29.5 Å². The van der Waals surface area contributed by atoms with Gasteiger partial charge in [0.2, 0.25) is 0 Å². The van der Waals surface area contributed by atoms with Gasteiger partial charge in [0, 0.05) is 5.69 Å². The number of hydrogen-bond donors (Lipinski definition) is 1. The highest BCUT2D eigenvalue weighted by Gasteiger charge is 2.09. The molecule has 0 atom stereocenters. The smallest absolute Gasteiger partial charge is 0.199 e. The minimum absolute atomic E-state index is 0.0450. The number of pyridine rings is 1. The summed E-state index contributed by atoms with van der Waals surface area (Å²) in [6, 6.07) is 5.62. The highest BCUT2D eigenvalue weighted by atomic mass is 16.5. The van der Waals surface area contributed by atoms with Gasteiger partial charge in [-0.15, -0.1) is 0 Å². The number of aliphatic hydroxyl groups is 1. The first-order valence-electron chi connectivity index (χ1n) is 4.39. The van der Waals surface area contributed by atoms with Crippen LogP contribution in [0.15, 0.2) is 18.2 Å². The molecule has 0 fully saturated rings. The molecule has 2 rings (SSSR count). The molecule has 14 heavy (non-hydrogen) atoms. The number of imidazole rings is 1. The molecule has 0 bridgehead atoms. The average molecular weight is 192 g/mol. The fourth-order valence-corrected chi connectivity index (χ4v) is 1.56. The number of ether oxygens (including phenoxy) is 1. The van der Waals surface area contributed by atoms with Crippen LogP contribution in [0.5, 0.6) is 5.88 Å². The maximum absolute atomic E-state index is 9.07. The third-order valence-electron chi connectivity index (χ3n) is 2.30. The lowest BCUT2D eigenvalue weighted by molar-refractivity contribution is 0.276. The number of aromatic nitrogens is 2. The zero-order valence-corrected chi connectivity index (χ0v) is 8.19. The minimum atomic E-state index is -0.0450. The van der Waals surface area contributed by atoms with Crippen molar-refractivity contribution in [1.29, 1.82) is 0 Å². The summed E-state index contributed by atoms with van der Waals surface area (Å²) >= 11 is 0. The van der Waals surface area contributed by atoms with Gasteiger partial charge >= 0.3 is 0 Å². The van der Waals surface area contributed by atoms with Crippen molar-refractivity contribution in [2.24, 2.45) is 0 Å². The second kappa shape index (κ2) is 3.31. The molecule has 0 aliphatic carbocycles. The molecule has 2 heterocycles. The Balaban J connectivity index is 2.79. The van der Waals surface area contributed by atoms with E-state index < -0.39 is 0 Å². The molecule has 0 aliphatic rings. The predicted octanol–water partition coefficient (Wildman–Crippen LogP) is 1.14. The lowest BCUT2D eigenvalue weighted by Gasteiger charge is -2.04. The highest BCUT2D eigenvalue weighted by molar-refractivity contribution is 5.46. The third-order valence-corrected chi connectivity index (χ3v) is 2.30. The number of aryl methyl sites for hydroxylation is 1. The maximum atomic E-state index is 9.07. The van der Waals surface area contributed by atoms with Gasteiger partial charge in [-0.3, -0.25) is 4.40 Å². The minimum Gasteiger partial charge on any atom is -0.482 e. The molecule has 0 unspecified atom stereocenters. The number of hydrogen-bond acceptors (Lipinski definition) is 3. The van der Waals surface area contributed by atoms with Crippen LogP contribution in [0.2, 0.25) is 0 Å². The largest absolute Gasteiger partial charge is 0.482 e. The summed E-state index contributed by atoms with van der Waals surface area (Å²) in [5.41, 5.74) is 2.40. The Morgan fingerprint density at radius 1 is 1.50 bits per heavy atom. The van der Waals surface area contributed by atoms with Crippen molar-refractivity contribution < 1.29 is 9.84 Å². The molecule has 2 aromatic rings. The first-order chi connectivity index (χ1) is 6.77. The Kier molecular flexibility index (Phi) is 2.13. The van der Waals surface area contributed by atoms with Crippen LogP contribution >= 0.6 is 0 Å². The van der Waals surface area contributed by atoms with Gasteiger partial charge in [-0.2, -0.15) is 0 Å². The molecular formula is C10H12N2O2. The highest BCUT2D eigenvalue weighted by Crippen LogP contribution is 2.19. The van der Waals surface area contributed by atoms with E-state index in [2.05, 4.69) is 4.98 Å². The molecule has 2 aromatic heterocycles. The SMILES string of the molecule is COc1cccc2nc(CO)c(C)n12. The quantitative estimate of drug-likeness (QED) is 0.776. The lowest BCUT2D eigenvalue weighted by Crippen LogP contribution is -1.95. The monoisotopic (exact) mass is 192 g/mol. The van der Waals surface area contributed by atoms with E-state index in [9.17, 15) is 0 Å². The van der Waals surface area contributed by atoms with Crippen molar-refractivity contribution in [2.45, 2.75) is 13.5 Å². The van der Waals surface area contributed by atoms with Crippen LogP contribution in [0.3, 0.4) is 0 Å². The van der Waals surface area contributed by atoms with Crippen molar-refractivity contribution >= 4 is 5.65 Å². The van der Waals surface area contributed by atoms with Crippen LogP contribution in [0.4, 0.5) is 0 Å². The molecule has 0 saturated heterocycles. The fraction of sp³-hybridized carbons (Fsp3) is 0.300. The Morgan fingerprint density at radius 3 is 2.93 bits per heavy atom. The summed E-state index contributed by atoms with van der Waals surface area (Å²) in [7, 11) is 1.62. The second-order valence-electron chi connectivity index (χ2n) is 3.06. The number of rotatable bonds is 2. The molecule has 0 spiro atoms. The predicted molar refractivity (Wildman–Crippen MR) is 52.4 cm³/mol. The molecule has 0 amide bonds. The van der Waals surface area contributed by atoms with Gasteiger partial charge in [-0.25, -0.2) is 4.98 Å². The summed E-state index contributed by atoms with van der Waals surface area (Å²) in [4.78, 5) is 4.27. The summed E-state index contributed by atoms with van der Waals surface area (Å²) in [5.74, 6) is 0.729. The average Bonchev–Trinajstić information content (AvgIpc) is 2.55. The molecule has 0 saturated carbocycles. The van der Waals surface area contributed by atoms with Gasteiger partial charge in [0.05, 0.1) is 19.4 Å². The summed E-state index contributed by atoms with van der Waals surface area (Å²) < 4.78 is 7.09. The van der Waals surface area contributed by atoms with Gasteiger partial charge in [-0.1, -0.05) is 6.07 Å². The van der Waals surface area contributed by atoms with E-state index in [-0.39, 0.29) is 6.61 Å².